The molecule has 1 atom stereocenters. The Kier molecular flexibility index (Phi) is 5.12. The van der Waals surface area contributed by atoms with Crippen LogP contribution in [0, 0.1) is 6.92 Å². The van der Waals surface area contributed by atoms with E-state index >= 15 is 0 Å². The number of likely N-dealkylation sites (tertiary alicyclic amines) is 1. The van der Waals surface area contributed by atoms with E-state index in [0.717, 1.165) is 18.5 Å². The second-order valence-corrected chi connectivity index (χ2v) is 7.53. The molecule has 4 rings (SSSR count). The third kappa shape index (κ3) is 3.29. The van der Waals surface area contributed by atoms with Crippen LogP contribution in [0.5, 0.6) is 0 Å². The predicted octanol–water partition coefficient (Wildman–Crippen LogP) is 4.41. The standard InChI is InChI=1S/C19H19Cl2N5O2/c1-3-16-22-18(23-26(16)17-12(20)6-4-7-13(17)21)19(27)25-9-5-8-14(25)15-10-11(2)24-28-15/h4,6-7,10,14H,3,5,8-9H2,1-2H3. The second-order valence-electron chi connectivity index (χ2n) is 6.71. The molecule has 9 heteroatoms. The van der Waals surface area contributed by atoms with Crippen LogP contribution in [0.4, 0.5) is 0 Å². The van der Waals surface area contributed by atoms with Crippen LogP contribution in [0.15, 0.2) is 28.8 Å². The molecule has 0 spiro atoms. The van der Waals surface area contributed by atoms with Crippen molar-refractivity contribution in [2.45, 2.75) is 39.2 Å². The lowest BCUT2D eigenvalue weighted by Crippen LogP contribution is -2.31. The maximum atomic E-state index is 13.2. The Morgan fingerprint density at radius 2 is 2.07 bits per heavy atom. The van der Waals surface area contributed by atoms with Crippen LogP contribution < -0.4 is 0 Å². The Morgan fingerprint density at radius 1 is 1.32 bits per heavy atom. The fourth-order valence-corrected chi connectivity index (χ4v) is 4.07. The monoisotopic (exact) mass is 419 g/mol. The topological polar surface area (TPSA) is 77.1 Å². The Labute approximate surface area is 172 Å². The van der Waals surface area contributed by atoms with Gasteiger partial charge in [-0.2, -0.15) is 0 Å². The molecule has 1 aromatic carbocycles. The summed E-state index contributed by atoms with van der Waals surface area (Å²) >= 11 is 12.7. The molecule has 1 unspecified atom stereocenters. The first-order chi connectivity index (χ1) is 13.5. The lowest BCUT2D eigenvalue weighted by Gasteiger charge is -2.20. The third-order valence-electron chi connectivity index (χ3n) is 4.82. The van der Waals surface area contributed by atoms with Gasteiger partial charge in [0.15, 0.2) is 5.76 Å². The number of halogens is 2. The molecule has 0 bridgehead atoms. The minimum Gasteiger partial charge on any atom is -0.359 e. The number of benzene rings is 1. The highest BCUT2D eigenvalue weighted by atomic mass is 35.5. The average molecular weight is 420 g/mol. The van der Waals surface area contributed by atoms with Crippen molar-refractivity contribution in [1.29, 1.82) is 0 Å². The number of carbonyl (C=O) groups is 1. The van der Waals surface area contributed by atoms with Crippen LogP contribution in [-0.4, -0.2) is 37.3 Å². The molecular weight excluding hydrogens is 401 g/mol. The van der Waals surface area contributed by atoms with Gasteiger partial charge in [0.05, 0.1) is 21.8 Å². The van der Waals surface area contributed by atoms with Gasteiger partial charge in [0, 0.05) is 19.0 Å². The van der Waals surface area contributed by atoms with E-state index in [2.05, 4.69) is 15.2 Å². The van der Waals surface area contributed by atoms with Gasteiger partial charge in [0.1, 0.15) is 11.5 Å². The number of amides is 1. The molecule has 146 valence electrons. The zero-order chi connectivity index (χ0) is 19.8. The Morgan fingerprint density at radius 3 is 2.71 bits per heavy atom. The largest absolute Gasteiger partial charge is 0.359 e. The van der Waals surface area contributed by atoms with Crippen LogP contribution in [0.1, 0.15) is 53.7 Å². The smallest absolute Gasteiger partial charge is 0.294 e. The number of aromatic nitrogens is 4. The highest BCUT2D eigenvalue weighted by Crippen LogP contribution is 2.34. The average Bonchev–Trinajstić information content (AvgIpc) is 3.39. The first kappa shape index (κ1) is 19.0. The van der Waals surface area contributed by atoms with Crippen molar-refractivity contribution >= 4 is 29.1 Å². The van der Waals surface area contributed by atoms with Gasteiger partial charge in [-0.3, -0.25) is 4.79 Å². The molecule has 0 aliphatic carbocycles. The zero-order valence-electron chi connectivity index (χ0n) is 15.5. The Bertz CT molecular complexity index is 1010. The molecule has 3 aromatic rings. The molecule has 1 aliphatic rings. The van der Waals surface area contributed by atoms with Crippen molar-refractivity contribution in [2.75, 3.05) is 6.54 Å². The molecule has 2 aromatic heterocycles. The Balaban J connectivity index is 1.70. The summed E-state index contributed by atoms with van der Waals surface area (Å²) in [7, 11) is 0. The normalized spacial score (nSPS) is 16.7. The number of rotatable bonds is 4. The summed E-state index contributed by atoms with van der Waals surface area (Å²) in [5, 5.41) is 9.28. The van der Waals surface area contributed by atoms with E-state index in [1.165, 1.54) is 0 Å². The van der Waals surface area contributed by atoms with E-state index in [1.54, 1.807) is 27.8 Å². The van der Waals surface area contributed by atoms with Crippen molar-refractivity contribution in [3.05, 3.63) is 57.4 Å². The SMILES string of the molecule is CCc1nc(C(=O)N2CCCC2c2cc(C)no2)nn1-c1c(Cl)cccc1Cl. The van der Waals surface area contributed by atoms with E-state index in [-0.39, 0.29) is 17.8 Å². The lowest BCUT2D eigenvalue weighted by atomic mass is 10.1. The van der Waals surface area contributed by atoms with E-state index in [0.29, 0.717) is 40.3 Å². The summed E-state index contributed by atoms with van der Waals surface area (Å²) in [5.74, 6) is 1.18. The number of nitrogens with zero attached hydrogens (tertiary/aromatic N) is 5. The third-order valence-corrected chi connectivity index (χ3v) is 5.43. The first-order valence-electron chi connectivity index (χ1n) is 9.14. The zero-order valence-corrected chi connectivity index (χ0v) is 17.0. The predicted molar refractivity (Wildman–Crippen MR) is 105 cm³/mol. The molecule has 0 radical (unpaired) electrons. The van der Waals surface area contributed by atoms with Crippen LogP contribution in [-0.2, 0) is 6.42 Å². The van der Waals surface area contributed by atoms with E-state index in [1.807, 2.05) is 19.9 Å². The molecule has 1 amide bonds. The number of carbonyl (C=O) groups excluding carboxylic acids is 1. The van der Waals surface area contributed by atoms with Gasteiger partial charge < -0.3 is 9.42 Å². The van der Waals surface area contributed by atoms with Crippen molar-refractivity contribution in [3.63, 3.8) is 0 Å². The summed E-state index contributed by atoms with van der Waals surface area (Å²) in [4.78, 5) is 19.4. The van der Waals surface area contributed by atoms with E-state index in [4.69, 9.17) is 27.7 Å². The fourth-order valence-electron chi connectivity index (χ4n) is 3.51. The van der Waals surface area contributed by atoms with E-state index < -0.39 is 0 Å². The molecule has 1 saturated heterocycles. The van der Waals surface area contributed by atoms with Crippen LogP contribution in [0.25, 0.3) is 5.69 Å². The van der Waals surface area contributed by atoms with Crippen molar-refractivity contribution in [2.24, 2.45) is 0 Å². The maximum absolute atomic E-state index is 13.2. The molecule has 0 saturated carbocycles. The fraction of sp³-hybridized carbons (Fsp3) is 0.368. The summed E-state index contributed by atoms with van der Waals surface area (Å²) in [6.45, 7) is 4.42. The van der Waals surface area contributed by atoms with Crippen molar-refractivity contribution < 1.29 is 9.32 Å². The van der Waals surface area contributed by atoms with Gasteiger partial charge in [-0.1, -0.05) is 41.3 Å². The van der Waals surface area contributed by atoms with Gasteiger partial charge in [0.25, 0.3) is 5.91 Å². The van der Waals surface area contributed by atoms with Crippen molar-refractivity contribution in [3.8, 4) is 5.69 Å². The lowest BCUT2D eigenvalue weighted by molar-refractivity contribution is 0.0702. The van der Waals surface area contributed by atoms with Crippen LogP contribution in [0.3, 0.4) is 0 Å². The van der Waals surface area contributed by atoms with Crippen LogP contribution >= 0.6 is 23.2 Å². The van der Waals surface area contributed by atoms with Gasteiger partial charge in [-0.15, -0.1) is 5.10 Å². The summed E-state index contributed by atoms with van der Waals surface area (Å²) in [6.07, 6.45) is 2.28. The molecule has 1 fully saturated rings. The minimum atomic E-state index is -0.242. The van der Waals surface area contributed by atoms with E-state index in [9.17, 15) is 4.79 Å². The second kappa shape index (κ2) is 7.56. The summed E-state index contributed by atoms with van der Waals surface area (Å²) in [6, 6.07) is 6.93. The van der Waals surface area contributed by atoms with Gasteiger partial charge >= 0.3 is 0 Å². The highest BCUT2D eigenvalue weighted by molar-refractivity contribution is 6.37. The van der Waals surface area contributed by atoms with Gasteiger partial charge in [0.2, 0.25) is 5.82 Å². The number of para-hydroxylation sites is 1. The molecular formula is C19H19Cl2N5O2. The number of hydrogen-bond donors (Lipinski definition) is 0. The molecule has 1 aliphatic heterocycles. The number of hydrogen-bond acceptors (Lipinski definition) is 5. The molecule has 7 nitrogen and oxygen atoms in total. The number of aryl methyl sites for hydroxylation is 2. The maximum Gasteiger partial charge on any atom is 0.294 e. The highest BCUT2D eigenvalue weighted by Gasteiger charge is 2.35. The summed E-state index contributed by atoms with van der Waals surface area (Å²) < 4.78 is 6.95. The molecule has 28 heavy (non-hydrogen) atoms. The molecule has 0 N–H and O–H groups in total. The van der Waals surface area contributed by atoms with Gasteiger partial charge in [-0.25, -0.2) is 9.67 Å². The quantitative estimate of drug-likeness (QED) is 0.625. The molecule has 3 heterocycles. The minimum absolute atomic E-state index is 0.121. The first-order valence-corrected chi connectivity index (χ1v) is 9.89. The summed E-state index contributed by atoms with van der Waals surface area (Å²) in [5.41, 5.74) is 1.32. The van der Waals surface area contributed by atoms with Gasteiger partial charge in [-0.05, 0) is 31.9 Å². The Hall–Kier alpha value is -2.38. The van der Waals surface area contributed by atoms with Crippen molar-refractivity contribution in [1.82, 2.24) is 24.8 Å². The van der Waals surface area contributed by atoms with Crippen LogP contribution in [0.2, 0.25) is 10.0 Å².